The van der Waals surface area contributed by atoms with E-state index in [9.17, 15) is 9.59 Å². The van der Waals surface area contributed by atoms with Gasteiger partial charge in [0.15, 0.2) is 0 Å². The molecule has 0 spiro atoms. The predicted octanol–water partition coefficient (Wildman–Crippen LogP) is 2.90. The van der Waals surface area contributed by atoms with Crippen LogP contribution >= 0.6 is 11.3 Å². The number of thiophene rings is 1. The van der Waals surface area contributed by atoms with E-state index in [2.05, 4.69) is 5.32 Å². The summed E-state index contributed by atoms with van der Waals surface area (Å²) in [5.41, 5.74) is 2.79. The average Bonchev–Trinajstić information content (AvgIpc) is 3.06. The third-order valence-electron chi connectivity index (χ3n) is 4.35. The van der Waals surface area contributed by atoms with E-state index in [1.807, 2.05) is 54.5 Å². The molecule has 3 rings (SSSR count). The third-order valence-corrected chi connectivity index (χ3v) is 5.36. The molecule has 1 saturated heterocycles. The fraction of sp³-hybridized carbons (Fsp3) is 0.333. The van der Waals surface area contributed by atoms with Crippen LogP contribution in [0, 0.1) is 13.8 Å². The molecule has 2 heterocycles. The number of nitrogens with zero attached hydrogens (tertiary/aromatic N) is 1. The molecule has 0 unspecified atom stereocenters. The molecule has 23 heavy (non-hydrogen) atoms. The molecule has 4 nitrogen and oxygen atoms in total. The number of aryl methyl sites for hydroxylation is 1. The number of hydrogen-bond donors (Lipinski definition) is 1. The van der Waals surface area contributed by atoms with Crippen molar-refractivity contribution in [1.82, 2.24) is 10.2 Å². The zero-order chi connectivity index (χ0) is 16.4. The molecule has 0 saturated carbocycles. The highest BCUT2D eigenvalue weighted by atomic mass is 32.1. The van der Waals surface area contributed by atoms with E-state index in [1.54, 1.807) is 11.3 Å². The Morgan fingerprint density at radius 2 is 2.04 bits per heavy atom. The Morgan fingerprint density at radius 3 is 2.70 bits per heavy atom. The van der Waals surface area contributed by atoms with Gasteiger partial charge in [0, 0.05) is 23.3 Å². The van der Waals surface area contributed by atoms with Gasteiger partial charge in [-0.1, -0.05) is 30.3 Å². The van der Waals surface area contributed by atoms with Crippen LogP contribution in [0.4, 0.5) is 0 Å². The van der Waals surface area contributed by atoms with Gasteiger partial charge >= 0.3 is 0 Å². The van der Waals surface area contributed by atoms with Crippen molar-refractivity contribution in [2.24, 2.45) is 0 Å². The largest absolute Gasteiger partial charge is 0.340 e. The fourth-order valence-electron chi connectivity index (χ4n) is 2.81. The van der Waals surface area contributed by atoms with E-state index in [4.69, 9.17) is 0 Å². The smallest absolute Gasteiger partial charge is 0.253 e. The van der Waals surface area contributed by atoms with Crippen molar-refractivity contribution in [2.45, 2.75) is 32.9 Å². The highest BCUT2D eigenvalue weighted by Gasteiger charge is 2.33. The molecule has 1 aliphatic heterocycles. The minimum atomic E-state index is -0.411. The quantitative estimate of drug-likeness (QED) is 0.938. The summed E-state index contributed by atoms with van der Waals surface area (Å²) in [4.78, 5) is 27.8. The van der Waals surface area contributed by atoms with E-state index in [1.165, 1.54) is 0 Å². The van der Waals surface area contributed by atoms with Crippen LogP contribution in [0.3, 0.4) is 0 Å². The van der Waals surface area contributed by atoms with Crippen molar-refractivity contribution >= 4 is 23.2 Å². The summed E-state index contributed by atoms with van der Waals surface area (Å²) in [7, 11) is 0. The maximum absolute atomic E-state index is 12.5. The molecule has 2 amide bonds. The van der Waals surface area contributed by atoms with Crippen LogP contribution in [0.15, 0.2) is 35.7 Å². The van der Waals surface area contributed by atoms with E-state index < -0.39 is 6.04 Å². The zero-order valence-corrected chi connectivity index (χ0v) is 14.2. The van der Waals surface area contributed by atoms with Crippen molar-refractivity contribution in [2.75, 3.05) is 6.54 Å². The molecule has 5 heteroatoms. The van der Waals surface area contributed by atoms with Crippen molar-refractivity contribution < 1.29 is 9.59 Å². The molecule has 1 fully saturated rings. The fourth-order valence-corrected chi connectivity index (χ4v) is 3.67. The van der Waals surface area contributed by atoms with Crippen molar-refractivity contribution in [1.29, 1.82) is 0 Å². The molecule has 1 aliphatic rings. The Hall–Kier alpha value is -2.14. The SMILES string of the molecule is Cc1scc(C(=O)N[C@H]2CCN(Cc3ccccc3)C2=O)c1C. The van der Waals surface area contributed by atoms with Gasteiger partial charge in [-0.05, 0) is 31.4 Å². The lowest BCUT2D eigenvalue weighted by Crippen LogP contribution is -2.41. The Labute approximate surface area is 140 Å². The van der Waals surface area contributed by atoms with Gasteiger partial charge in [0.05, 0.1) is 5.56 Å². The van der Waals surface area contributed by atoms with Crippen LogP contribution < -0.4 is 5.32 Å². The molecule has 0 aliphatic carbocycles. The van der Waals surface area contributed by atoms with Gasteiger partial charge < -0.3 is 10.2 Å². The molecule has 0 bridgehead atoms. The van der Waals surface area contributed by atoms with Gasteiger partial charge in [0.1, 0.15) is 6.04 Å². The van der Waals surface area contributed by atoms with Gasteiger partial charge in [0.2, 0.25) is 5.91 Å². The number of carbonyl (C=O) groups excluding carboxylic acids is 2. The number of amides is 2. The minimum absolute atomic E-state index is 0.00630. The molecule has 1 aromatic heterocycles. The normalized spacial score (nSPS) is 17.6. The number of carbonyl (C=O) groups is 2. The molecule has 120 valence electrons. The highest BCUT2D eigenvalue weighted by molar-refractivity contribution is 7.10. The molecule has 0 radical (unpaired) electrons. The lowest BCUT2D eigenvalue weighted by Gasteiger charge is -2.17. The lowest BCUT2D eigenvalue weighted by atomic mass is 10.1. The van der Waals surface area contributed by atoms with Crippen LogP contribution in [-0.2, 0) is 11.3 Å². The maximum atomic E-state index is 12.5. The van der Waals surface area contributed by atoms with Gasteiger partial charge in [-0.2, -0.15) is 0 Å². The molecule has 1 aromatic carbocycles. The summed E-state index contributed by atoms with van der Waals surface area (Å²) in [5, 5.41) is 4.75. The summed E-state index contributed by atoms with van der Waals surface area (Å²) in [6.07, 6.45) is 0.666. The summed E-state index contributed by atoms with van der Waals surface area (Å²) in [6.45, 7) is 5.22. The third kappa shape index (κ3) is 3.29. The van der Waals surface area contributed by atoms with Gasteiger partial charge in [-0.15, -0.1) is 11.3 Å². The van der Waals surface area contributed by atoms with Crippen LogP contribution in [0.25, 0.3) is 0 Å². The second-order valence-electron chi connectivity index (χ2n) is 5.89. The number of hydrogen-bond acceptors (Lipinski definition) is 3. The first-order valence-electron chi connectivity index (χ1n) is 7.74. The van der Waals surface area contributed by atoms with Gasteiger partial charge in [-0.3, -0.25) is 9.59 Å². The van der Waals surface area contributed by atoms with Crippen LogP contribution in [0.5, 0.6) is 0 Å². The first-order valence-corrected chi connectivity index (χ1v) is 8.62. The van der Waals surface area contributed by atoms with Crippen molar-refractivity contribution in [3.8, 4) is 0 Å². The summed E-state index contributed by atoms with van der Waals surface area (Å²) in [5.74, 6) is -0.140. The molecule has 1 atom stereocenters. The number of likely N-dealkylation sites (tertiary alicyclic amines) is 1. The Morgan fingerprint density at radius 1 is 1.30 bits per heavy atom. The van der Waals surface area contributed by atoms with E-state index in [0.717, 1.165) is 16.0 Å². The number of nitrogens with one attached hydrogen (secondary N) is 1. The van der Waals surface area contributed by atoms with Crippen LogP contribution in [0.2, 0.25) is 0 Å². The maximum Gasteiger partial charge on any atom is 0.253 e. The summed E-state index contributed by atoms with van der Waals surface area (Å²) in [6, 6.07) is 9.51. The number of rotatable bonds is 4. The highest BCUT2D eigenvalue weighted by Crippen LogP contribution is 2.21. The standard InChI is InChI=1S/C18H20N2O2S/c1-12-13(2)23-11-15(12)17(21)19-16-8-9-20(18(16)22)10-14-6-4-3-5-7-14/h3-7,11,16H,8-10H2,1-2H3,(H,19,21)/t16-/m0/s1. The minimum Gasteiger partial charge on any atom is -0.340 e. The second-order valence-corrected chi connectivity index (χ2v) is 6.97. The molecular weight excluding hydrogens is 308 g/mol. The zero-order valence-electron chi connectivity index (χ0n) is 13.3. The monoisotopic (exact) mass is 328 g/mol. The van der Waals surface area contributed by atoms with Crippen LogP contribution in [-0.4, -0.2) is 29.3 Å². The van der Waals surface area contributed by atoms with Crippen molar-refractivity contribution in [3.63, 3.8) is 0 Å². The lowest BCUT2D eigenvalue weighted by molar-refractivity contribution is -0.129. The topological polar surface area (TPSA) is 49.4 Å². The average molecular weight is 328 g/mol. The molecule has 2 aromatic rings. The first kappa shape index (κ1) is 15.7. The van der Waals surface area contributed by atoms with E-state index in [0.29, 0.717) is 25.1 Å². The first-order chi connectivity index (χ1) is 11.1. The van der Waals surface area contributed by atoms with E-state index in [-0.39, 0.29) is 11.8 Å². The molecule has 1 N–H and O–H groups in total. The number of benzene rings is 1. The Bertz CT molecular complexity index is 724. The van der Waals surface area contributed by atoms with Crippen molar-refractivity contribution in [3.05, 3.63) is 57.3 Å². The Kier molecular flexibility index (Phi) is 4.48. The Balaban J connectivity index is 1.63. The molecular formula is C18H20N2O2S. The van der Waals surface area contributed by atoms with Gasteiger partial charge in [-0.25, -0.2) is 0 Å². The van der Waals surface area contributed by atoms with Gasteiger partial charge in [0.25, 0.3) is 5.91 Å². The second kappa shape index (κ2) is 6.54. The van der Waals surface area contributed by atoms with E-state index >= 15 is 0 Å². The van der Waals surface area contributed by atoms with Crippen LogP contribution in [0.1, 0.15) is 32.8 Å². The summed E-state index contributed by atoms with van der Waals surface area (Å²) >= 11 is 1.56. The predicted molar refractivity (Wildman–Crippen MR) is 91.5 cm³/mol. The summed E-state index contributed by atoms with van der Waals surface area (Å²) < 4.78 is 0.